The van der Waals surface area contributed by atoms with E-state index in [1.165, 1.54) is 6.92 Å². The zero-order chi connectivity index (χ0) is 16.8. The summed E-state index contributed by atoms with van der Waals surface area (Å²) in [5.74, 6) is -1.71. The lowest BCUT2D eigenvalue weighted by Crippen LogP contribution is -2.42. The fourth-order valence-corrected chi connectivity index (χ4v) is 2.48. The van der Waals surface area contributed by atoms with E-state index in [0.29, 0.717) is 0 Å². The Kier molecular flexibility index (Phi) is 6.92. The number of hydrogen-bond acceptors (Lipinski definition) is 5. The summed E-state index contributed by atoms with van der Waals surface area (Å²) in [6.45, 7) is 9.42. The molecule has 2 atom stereocenters. The minimum absolute atomic E-state index is 0.235. The predicted octanol–water partition coefficient (Wildman–Crippen LogP) is 2.85. The van der Waals surface area contributed by atoms with Crippen molar-refractivity contribution in [2.75, 3.05) is 6.61 Å². The van der Waals surface area contributed by atoms with Crippen molar-refractivity contribution in [3.05, 3.63) is 35.9 Å². The van der Waals surface area contributed by atoms with Crippen LogP contribution in [0.15, 0.2) is 30.3 Å². The lowest BCUT2D eigenvalue weighted by molar-refractivity contribution is -0.153. The fraction of sp³-hybridized carbons (Fsp3) is 0.500. The molecule has 0 amide bonds. The molecule has 6 heteroatoms. The molecule has 0 aliphatic carbocycles. The number of hydroxylamine groups is 1. The molecule has 5 nitrogen and oxygen atoms in total. The van der Waals surface area contributed by atoms with Crippen LogP contribution in [0.2, 0.25) is 19.6 Å². The van der Waals surface area contributed by atoms with Crippen LogP contribution in [-0.2, 0) is 18.9 Å². The number of hydrogen-bond donors (Lipinski definition) is 1. The Hall–Kier alpha value is -1.50. The van der Waals surface area contributed by atoms with Gasteiger partial charge in [-0.2, -0.15) is 0 Å². The highest BCUT2D eigenvalue weighted by atomic mass is 28.4. The summed E-state index contributed by atoms with van der Waals surface area (Å²) < 4.78 is 10.8. The van der Waals surface area contributed by atoms with Crippen molar-refractivity contribution in [2.45, 2.75) is 39.5 Å². The van der Waals surface area contributed by atoms with Crippen LogP contribution in [-0.4, -0.2) is 26.7 Å². The molecule has 122 valence electrons. The average molecular weight is 323 g/mol. The third-order valence-electron chi connectivity index (χ3n) is 2.96. The van der Waals surface area contributed by atoms with Gasteiger partial charge in [0.1, 0.15) is 11.7 Å². The molecule has 1 aromatic rings. The summed E-state index contributed by atoms with van der Waals surface area (Å²) in [5, 5.41) is 0. The number of Topliss-reactive ketones (excluding diaryl/α,β-unsaturated/α-hetero) is 1. The van der Waals surface area contributed by atoms with Crippen molar-refractivity contribution < 1.29 is 18.9 Å². The van der Waals surface area contributed by atoms with Gasteiger partial charge in [-0.25, -0.2) is 5.48 Å². The Labute approximate surface area is 133 Å². The van der Waals surface area contributed by atoms with Crippen LogP contribution in [0.25, 0.3) is 0 Å². The molecule has 0 radical (unpaired) electrons. The van der Waals surface area contributed by atoms with Gasteiger partial charge in [-0.15, -0.1) is 0 Å². The highest BCUT2D eigenvalue weighted by Gasteiger charge is 2.36. The molecule has 0 spiro atoms. The fourth-order valence-electron chi connectivity index (χ4n) is 2.00. The standard InChI is InChI=1S/C16H25NO4Si/c1-6-20-16(19)14(12(2)18)15(17-21-22(3,4)5)13-10-8-7-9-11-13/h7-11,14-15,17H,6H2,1-5H3/t14-,15-/m1/s1. The maximum absolute atomic E-state index is 12.2. The van der Waals surface area contributed by atoms with E-state index >= 15 is 0 Å². The molecule has 0 saturated carbocycles. The Bertz CT molecular complexity index is 499. The zero-order valence-electron chi connectivity index (χ0n) is 13.9. The van der Waals surface area contributed by atoms with E-state index in [4.69, 9.17) is 9.26 Å². The first-order chi connectivity index (χ1) is 10.3. The second-order valence-electron chi connectivity index (χ2n) is 6.06. The topological polar surface area (TPSA) is 64.6 Å². The molecular formula is C16H25NO4Si. The number of esters is 1. The summed E-state index contributed by atoms with van der Waals surface area (Å²) >= 11 is 0. The molecule has 0 bridgehead atoms. The molecule has 1 rings (SSSR count). The molecule has 1 aromatic carbocycles. The molecule has 1 N–H and O–H groups in total. The Balaban J connectivity index is 3.10. The number of nitrogens with one attached hydrogen (secondary N) is 1. The Morgan fingerprint density at radius 2 is 1.77 bits per heavy atom. The minimum Gasteiger partial charge on any atom is -0.465 e. The molecule has 0 aliphatic rings. The van der Waals surface area contributed by atoms with Gasteiger partial charge in [-0.05, 0) is 39.1 Å². The molecule has 22 heavy (non-hydrogen) atoms. The first-order valence-corrected chi connectivity index (χ1v) is 10.8. The quantitative estimate of drug-likeness (QED) is 0.345. The van der Waals surface area contributed by atoms with E-state index in [0.717, 1.165) is 5.56 Å². The number of ketones is 1. The Morgan fingerprint density at radius 3 is 2.23 bits per heavy atom. The molecule has 0 aromatic heterocycles. The van der Waals surface area contributed by atoms with E-state index in [1.54, 1.807) is 6.92 Å². The van der Waals surface area contributed by atoms with Gasteiger partial charge < -0.3 is 9.26 Å². The molecule has 0 unspecified atom stereocenters. The number of carbonyl (C=O) groups excluding carboxylic acids is 2. The van der Waals surface area contributed by atoms with Gasteiger partial charge in [0, 0.05) is 0 Å². The third-order valence-corrected chi connectivity index (χ3v) is 3.69. The monoisotopic (exact) mass is 323 g/mol. The lowest BCUT2D eigenvalue weighted by atomic mass is 9.90. The van der Waals surface area contributed by atoms with E-state index < -0.39 is 26.2 Å². The molecule has 0 saturated heterocycles. The summed E-state index contributed by atoms with van der Waals surface area (Å²) in [6.07, 6.45) is 0. The number of ether oxygens (including phenoxy) is 1. The van der Waals surface area contributed by atoms with Crippen LogP contribution in [0.1, 0.15) is 25.5 Å². The molecule has 0 fully saturated rings. The third kappa shape index (κ3) is 5.71. The highest BCUT2D eigenvalue weighted by molar-refractivity contribution is 6.69. The van der Waals surface area contributed by atoms with Gasteiger partial charge in [0.2, 0.25) is 8.32 Å². The van der Waals surface area contributed by atoms with Gasteiger partial charge >= 0.3 is 5.97 Å². The van der Waals surface area contributed by atoms with Gasteiger partial charge in [-0.1, -0.05) is 30.3 Å². The smallest absolute Gasteiger partial charge is 0.318 e. The van der Waals surface area contributed by atoms with Gasteiger partial charge in [-0.3, -0.25) is 9.59 Å². The van der Waals surface area contributed by atoms with Crippen molar-refractivity contribution in [3.8, 4) is 0 Å². The van der Waals surface area contributed by atoms with Crippen molar-refractivity contribution in [3.63, 3.8) is 0 Å². The molecule has 0 heterocycles. The van der Waals surface area contributed by atoms with Crippen molar-refractivity contribution >= 4 is 20.1 Å². The van der Waals surface area contributed by atoms with Crippen molar-refractivity contribution in [1.29, 1.82) is 0 Å². The second-order valence-corrected chi connectivity index (χ2v) is 10.5. The van der Waals surface area contributed by atoms with Crippen LogP contribution in [0.5, 0.6) is 0 Å². The molecule has 0 aliphatic heterocycles. The van der Waals surface area contributed by atoms with Gasteiger partial charge in [0.05, 0.1) is 12.6 Å². The molecular weight excluding hydrogens is 298 g/mol. The largest absolute Gasteiger partial charge is 0.465 e. The van der Waals surface area contributed by atoms with Crippen LogP contribution >= 0.6 is 0 Å². The van der Waals surface area contributed by atoms with E-state index in [1.807, 2.05) is 50.0 Å². The first-order valence-electron chi connectivity index (χ1n) is 7.42. The summed E-state index contributed by atoms with van der Waals surface area (Å²) in [7, 11) is -1.86. The minimum atomic E-state index is -1.86. The number of benzene rings is 1. The van der Waals surface area contributed by atoms with E-state index in [9.17, 15) is 9.59 Å². The maximum Gasteiger partial charge on any atom is 0.318 e. The first kappa shape index (κ1) is 18.5. The van der Waals surface area contributed by atoms with Gasteiger partial charge in [0.25, 0.3) is 0 Å². The highest BCUT2D eigenvalue weighted by Crippen LogP contribution is 2.25. The zero-order valence-corrected chi connectivity index (χ0v) is 14.9. The summed E-state index contributed by atoms with van der Waals surface area (Å²) in [5.41, 5.74) is 3.75. The van der Waals surface area contributed by atoms with Crippen LogP contribution < -0.4 is 5.48 Å². The number of carbonyl (C=O) groups is 2. The van der Waals surface area contributed by atoms with Gasteiger partial charge in [0.15, 0.2) is 0 Å². The predicted molar refractivity (Wildman–Crippen MR) is 87.6 cm³/mol. The average Bonchev–Trinajstić information content (AvgIpc) is 2.43. The van der Waals surface area contributed by atoms with E-state index in [-0.39, 0.29) is 12.4 Å². The SMILES string of the molecule is CCOC(=O)[C@H](C(C)=O)[C@H](NO[Si](C)(C)C)c1ccccc1. The van der Waals surface area contributed by atoms with Crippen LogP contribution in [0.3, 0.4) is 0 Å². The van der Waals surface area contributed by atoms with Crippen LogP contribution in [0.4, 0.5) is 0 Å². The van der Waals surface area contributed by atoms with E-state index in [2.05, 4.69) is 5.48 Å². The number of rotatable bonds is 8. The van der Waals surface area contributed by atoms with Crippen molar-refractivity contribution in [1.82, 2.24) is 5.48 Å². The second kappa shape index (κ2) is 8.21. The normalized spacial score (nSPS) is 14.2. The summed E-state index contributed by atoms with van der Waals surface area (Å²) in [6, 6.07) is 8.76. The summed E-state index contributed by atoms with van der Waals surface area (Å²) in [4.78, 5) is 24.2. The lowest BCUT2D eigenvalue weighted by Gasteiger charge is -2.28. The Morgan fingerprint density at radius 1 is 1.18 bits per heavy atom. The maximum atomic E-state index is 12.2. The van der Waals surface area contributed by atoms with Crippen molar-refractivity contribution in [2.24, 2.45) is 5.92 Å². The van der Waals surface area contributed by atoms with Crippen LogP contribution in [0, 0.1) is 5.92 Å².